The molecular weight excluding hydrogens is 348 g/mol. The van der Waals surface area contributed by atoms with Gasteiger partial charge < -0.3 is 10.2 Å². The molecule has 0 unspecified atom stereocenters. The molecule has 0 aliphatic rings. The molecule has 0 aromatic heterocycles. The first kappa shape index (κ1) is 20.0. The first-order valence-corrected chi connectivity index (χ1v) is 8.98. The highest BCUT2D eigenvalue weighted by Gasteiger charge is 2.16. The Bertz CT molecular complexity index is 779. The number of nitrogens with one attached hydrogen (secondary N) is 1. The fourth-order valence-corrected chi connectivity index (χ4v) is 2.81. The molecule has 2 aromatic rings. The second-order valence-electron chi connectivity index (χ2n) is 7.23. The lowest BCUT2D eigenvalue weighted by Gasteiger charge is -2.24. The first-order chi connectivity index (χ1) is 12.2. The second kappa shape index (κ2) is 8.37. The van der Waals surface area contributed by atoms with E-state index in [0.29, 0.717) is 23.7 Å². The minimum atomic E-state index is -0.209. The Labute approximate surface area is 160 Å². The highest BCUT2D eigenvalue weighted by atomic mass is 35.5. The predicted octanol–water partition coefficient (Wildman–Crippen LogP) is 4.42. The molecule has 0 spiro atoms. The maximum atomic E-state index is 12.2. The highest BCUT2D eigenvalue weighted by Crippen LogP contribution is 2.25. The molecule has 4 nitrogen and oxygen atoms in total. The van der Waals surface area contributed by atoms with Gasteiger partial charge in [-0.3, -0.25) is 9.59 Å². The zero-order chi connectivity index (χ0) is 19.3. The SMILES string of the molecule is CC(=O)N(CCNC(=O)c1cccc(Cl)c1)c1ccc(C(C)(C)C)cc1. The summed E-state index contributed by atoms with van der Waals surface area (Å²) in [6.07, 6.45) is 0. The fourth-order valence-electron chi connectivity index (χ4n) is 2.62. The fraction of sp³-hybridized carbons (Fsp3) is 0.333. The Morgan fingerprint density at radius 2 is 1.73 bits per heavy atom. The Morgan fingerprint density at radius 3 is 2.27 bits per heavy atom. The van der Waals surface area contributed by atoms with Gasteiger partial charge in [0.25, 0.3) is 5.91 Å². The maximum absolute atomic E-state index is 12.2. The molecule has 0 heterocycles. The third-order valence-corrected chi connectivity index (χ3v) is 4.37. The third-order valence-electron chi connectivity index (χ3n) is 4.13. The van der Waals surface area contributed by atoms with Crippen molar-refractivity contribution in [2.45, 2.75) is 33.1 Å². The van der Waals surface area contributed by atoms with E-state index >= 15 is 0 Å². The molecule has 1 N–H and O–H groups in total. The molecular formula is C21H25ClN2O2. The molecule has 0 radical (unpaired) electrons. The van der Waals surface area contributed by atoms with E-state index in [0.717, 1.165) is 5.69 Å². The number of halogens is 1. The van der Waals surface area contributed by atoms with Gasteiger partial charge in [0.2, 0.25) is 5.91 Å². The van der Waals surface area contributed by atoms with Gasteiger partial charge in [0.15, 0.2) is 0 Å². The van der Waals surface area contributed by atoms with Crippen LogP contribution in [-0.2, 0) is 10.2 Å². The summed E-state index contributed by atoms with van der Waals surface area (Å²) < 4.78 is 0. The van der Waals surface area contributed by atoms with E-state index in [1.54, 1.807) is 29.2 Å². The summed E-state index contributed by atoms with van der Waals surface area (Å²) in [5.74, 6) is -0.274. The van der Waals surface area contributed by atoms with Crippen molar-refractivity contribution in [1.29, 1.82) is 0 Å². The number of benzene rings is 2. The molecule has 2 amide bonds. The number of rotatable bonds is 5. The van der Waals surface area contributed by atoms with Gasteiger partial charge in [-0.15, -0.1) is 0 Å². The van der Waals surface area contributed by atoms with Crippen molar-refractivity contribution in [1.82, 2.24) is 5.32 Å². The summed E-state index contributed by atoms with van der Waals surface area (Å²) >= 11 is 5.91. The van der Waals surface area contributed by atoms with Crippen LogP contribution in [0, 0.1) is 0 Å². The summed E-state index contributed by atoms with van der Waals surface area (Å²) in [6.45, 7) is 8.72. The molecule has 2 aromatic carbocycles. The Kier molecular flexibility index (Phi) is 6.43. The third kappa shape index (κ3) is 5.33. The number of amides is 2. The average Bonchev–Trinajstić information content (AvgIpc) is 2.57. The summed E-state index contributed by atoms with van der Waals surface area (Å²) in [5, 5.41) is 3.34. The number of hydrogen-bond donors (Lipinski definition) is 1. The van der Waals surface area contributed by atoms with Crippen LogP contribution < -0.4 is 10.2 Å². The monoisotopic (exact) mass is 372 g/mol. The minimum absolute atomic E-state index is 0.0600. The number of nitrogens with zero attached hydrogens (tertiary/aromatic N) is 1. The van der Waals surface area contributed by atoms with Crippen LogP contribution >= 0.6 is 11.6 Å². The van der Waals surface area contributed by atoms with Crippen LogP contribution in [0.1, 0.15) is 43.6 Å². The van der Waals surface area contributed by atoms with Crippen LogP contribution in [-0.4, -0.2) is 24.9 Å². The maximum Gasteiger partial charge on any atom is 0.251 e. The number of carbonyl (C=O) groups excluding carboxylic acids is 2. The van der Waals surface area contributed by atoms with Crippen LogP contribution in [0.4, 0.5) is 5.69 Å². The lowest BCUT2D eigenvalue weighted by atomic mass is 9.87. The summed E-state index contributed by atoms with van der Waals surface area (Å²) in [7, 11) is 0. The summed E-state index contributed by atoms with van der Waals surface area (Å²) in [5.41, 5.74) is 2.59. The largest absolute Gasteiger partial charge is 0.350 e. The topological polar surface area (TPSA) is 49.4 Å². The normalized spacial score (nSPS) is 11.1. The van der Waals surface area contributed by atoms with E-state index in [9.17, 15) is 9.59 Å². The predicted molar refractivity (Wildman–Crippen MR) is 107 cm³/mol. The van der Waals surface area contributed by atoms with Crippen molar-refractivity contribution in [3.05, 3.63) is 64.7 Å². The van der Waals surface area contributed by atoms with E-state index in [2.05, 4.69) is 26.1 Å². The lowest BCUT2D eigenvalue weighted by molar-refractivity contribution is -0.116. The van der Waals surface area contributed by atoms with Gasteiger partial charge in [0.1, 0.15) is 0 Å². The van der Waals surface area contributed by atoms with E-state index in [1.807, 2.05) is 24.3 Å². The molecule has 0 saturated heterocycles. The van der Waals surface area contributed by atoms with Gasteiger partial charge in [-0.05, 0) is 41.3 Å². The standard InChI is InChI=1S/C21H25ClN2O2/c1-15(25)24(19-10-8-17(9-11-19)21(2,3)4)13-12-23-20(26)16-6-5-7-18(22)14-16/h5-11,14H,12-13H2,1-4H3,(H,23,26). The van der Waals surface area contributed by atoms with Crippen molar-refractivity contribution in [3.8, 4) is 0 Å². The van der Waals surface area contributed by atoms with Crippen LogP contribution in [0.25, 0.3) is 0 Å². The molecule has 0 saturated carbocycles. The number of carbonyl (C=O) groups is 2. The van der Waals surface area contributed by atoms with Crippen molar-refractivity contribution >= 4 is 29.1 Å². The van der Waals surface area contributed by atoms with E-state index in [-0.39, 0.29) is 17.2 Å². The van der Waals surface area contributed by atoms with E-state index in [4.69, 9.17) is 11.6 Å². The number of anilines is 1. The Hall–Kier alpha value is -2.33. The quantitative estimate of drug-likeness (QED) is 0.844. The second-order valence-corrected chi connectivity index (χ2v) is 7.67. The zero-order valence-corrected chi connectivity index (χ0v) is 16.4. The van der Waals surface area contributed by atoms with Crippen molar-refractivity contribution < 1.29 is 9.59 Å². The molecule has 138 valence electrons. The molecule has 0 aliphatic carbocycles. The Balaban J connectivity index is 2.00. The van der Waals surface area contributed by atoms with Gasteiger partial charge in [-0.25, -0.2) is 0 Å². The summed E-state index contributed by atoms with van der Waals surface area (Å²) in [6, 6.07) is 14.7. The van der Waals surface area contributed by atoms with Crippen molar-refractivity contribution in [2.24, 2.45) is 0 Å². The Morgan fingerprint density at radius 1 is 1.08 bits per heavy atom. The molecule has 26 heavy (non-hydrogen) atoms. The van der Waals surface area contributed by atoms with Gasteiger partial charge >= 0.3 is 0 Å². The van der Waals surface area contributed by atoms with Crippen LogP contribution in [0.5, 0.6) is 0 Å². The first-order valence-electron chi connectivity index (χ1n) is 8.61. The van der Waals surface area contributed by atoms with Gasteiger partial charge in [0, 0.05) is 36.3 Å². The molecule has 2 rings (SSSR count). The van der Waals surface area contributed by atoms with Gasteiger partial charge in [-0.1, -0.05) is 50.6 Å². The highest BCUT2D eigenvalue weighted by molar-refractivity contribution is 6.30. The van der Waals surface area contributed by atoms with Gasteiger partial charge in [0.05, 0.1) is 0 Å². The van der Waals surface area contributed by atoms with Crippen molar-refractivity contribution in [3.63, 3.8) is 0 Å². The molecule has 0 atom stereocenters. The van der Waals surface area contributed by atoms with Crippen LogP contribution in [0.15, 0.2) is 48.5 Å². The van der Waals surface area contributed by atoms with Crippen LogP contribution in [0.3, 0.4) is 0 Å². The lowest BCUT2D eigenvalue weighted by Crippen LogP contribution is -2.37. The van der Waals surface area contributed by atoms with Crippen LogP contribution in [0.2, 0.25) is 5.02 Å². The summed E-state index contributed by atoms with van der Waals surface area (Å²) in [4.78, 5) is 25.8. The molecule has 5 heteroatoms. The van der Waals surface area contributed by atoms with Crippen molar-refractivity contribution in [2.75, 3.05) is 18.0 Å². The van der Waals surface area contributed by atoms with Gasteiger partial charge in [-0.2, -0.15) is 0 Å². The number of hydrogen-bond acceptors (Lipinski definition) is 2. The minimum Gasteiger partial charge on any atom is -0.350 e. The smallest absolute Gasteiger partial charge is 0.251 e. The zero-order valence-electron chi connectivity index (χ0n) is 15.7. The van der Waals surface area contributed by atoms with E-state index < -0.39 is 0 Å². The molecule has 0 bridgehead atoms. The molecule has 0 fully saturated rings. The molecule has 0 aliphatic heterocycles. The average molecular weight is 373 g/mol. The van der Waals surface area contributed by atoms with E-state index in [1.165, 1.54) is 12.5 Å².